The first-order chi connectivity index (χ1) is 9.28. The van der Waals surface area contributed by atoms with Gasteiger partial charge in [0.05, 0.1) is 0 Å². The SMILES string of the molecule is CNC(=O)c1ccnc(N[C@@H]2CC[C@H]3CCC[C@H]32)c1. The van der Waals surface area contributed by atoms with E-state index in [9.17, 15) is 4.79 Å². The molecule has 3 atom stereocenters. The van der Waals surface area contributed by atoms with E-state index in [0.29, 0.717) is 11.6 Å². The minimum absolute atomic E-state index is 0.0596. The number of hydrogen-bond acceptors (Lipinski definition) is 3. The fourth-order valence-electron chi connectivity index (χ4n) is 3.73. The maximum atomic E-state index is 11.6. The largest absolute Gasteiger partial charge is 0.367 e. The van der Waals surface area contributed by atoms with Crippen LogP contribution in [0.25, 0.3) is 0 Å². The third-order valence-electron chi connectivity index (χ3n) is 4.67. The highest BCUT2D eigenvalue weighted by molar-refractivity contribution is 5.94. The first kappa shape index (κ1) is 12.5. The minimum atomic E-state index is -0.0596. The summed E-state index contributed by atoms with van der Waals surface area (Å²) in [6.45, 7) is 0. The molecule has 0 spiro atoms. The fourth-order valence-corrected chi connectivity index (χ4v) is 3.73. The van der Waals surface area contributed by atoms with E-state index in [1.807, 2.05) is 6.07 Å². The number of hydrogen-bond donors (Lipinski definition) is 2. The Morgan fingerprint density at radius 3 is 3.05 bits per heavy atom. The van der Waals surface area contributed by atoms with Gasteiger partial charge in [-0.15, -0.1) is 0 Å². The lowest BCUT2D eigenvalue weighted by Crippen LogP contribution is -2.25. The molecule has 2 fully saturated rings. The number of anilines is 1. The molecule has 0 radical (unpaired) electrons. The van der Waals surface area contributed by atoms with Crippen LogP contribution in [0.3, 0.4) is 0 Å². The Labute approximate surface area is 114 Å². The van der Waals surface area contributed by atoms with E-state index < -0.39 is 0 Å². The van der Waals surface area contributed by atoms with E-state index in [4.69, 9.17) is 0 Å². The molecular weight excluding hydrogens is 238 g/mol. The van der Waals surface area contributed by atoms with Crippen molar-refractivity contribution < 1.29 is 4.79 Å². The zero-order valence-electron chi connectivity index (χ0n) is 11.4. The summed E-state index contributed by atoms with van der Waals surface area (Å²) in [5.41, 5.74) is 0.668. The van der Waals surface area contributed by atoms with Gasteiger partial charge in [-0.25, -0.2) is 4.98 Å². The molecule has 4 heteroatoms. The lowest BCUT2D eigenvalue weighted by atomic mass is 9.97. The standard InChI is InChI=1S/C15H21N3O/c1-16-15(19)11-7-8-17-14(9-11)18-13-6-5-10-3-2-4-12(10)13/h7-10,12-13H,2-6H2,1H3,(H,16,19)(H,17,18)/t10-,12-,13-/m1/s1. The molecule has 0 bridgehead atoms. The molecule has 102 valence electrons. The van der Waals surface area contributed by atoms with E-state index in [1.165, 1.54) is 32.1 Å². The molecule has 4 nitrogen and oxygen atoms in total. The molecule has 0 saturated heterocycles. The Bertz CT molecular complexity index is 474. The van der Waals surface area contributed by atoms with Crippen LogP contribution >= 0.6 is 0 Å². The van der Waals surface area contributed by atoms with Gasteiger partial charge in [0.15, 0.2) is 0 Å². The van der Waals surface area contributed by atoms with Crippen LogP contribution in [0.4, 0.5) is 5.82 Å². The quantitative estimate of drug-likeness (QED) is 0.876. The molecule has 2 N–H and O–H groups in total. The number of nitrogens with one attached hydrogen (secondary N) is 2. The number of pyridine rings is 1. The summed E-state index contributed by atoms with van der Waals surface area (Å²) in [6, 6.07) is 4.14. The van der Waals surface area contributed by atoms with Gasteiger partial charge in [-0.1, -0.05) is 12.8 Å². The monoisotopic (exact) mass is 259 g/mol. The van der Waals surface area contributed by atoms with Crippen molar-refractivity contribution in [1.82, 2.24) is 10.3 Å². The van der Waals surface area contributed by atoms with Crippen LogP contribution in [0.1, 0.15) is 42.5 Å². The predicted molar refractivity (Wildman–Crippen MR) is 75.1 cm³/mol. The van der Waals surface area contributed by atoms with Crippen LogP contribution in [-0.2, 0) is 0 Å². The van der Waals surface area contributed by atoms with E-state index in [0.717, 1.165) is 17.7 Å². The normalized spacial score (nSPS) is 29.0. The summed E-state index contributed by atoms with van der Waals surface area (Å²) in [5.74, 6) is 2.50. The van der Waals surface area contributed by atoms with Crippen molar-refractivity contribution in [2.24, 2.45) is 11.8 Å². The molecule has 2 aliphatic rings. The Morgan fingerprint density at radius 1 is 1.32 bits per heavy atom. The second-order valence-electron chi connectivity index (χ2n) is 5.69. The molecule has 0 aliphatic heterocycles. The fraction of sp³-hybridized carbons (Fsp3) is 0.600. The molecule has 0 unspecified atom stereocenters. The van der Waals surface area contributed by atoms with Gasteiger partial charge in [-0.3, -0.25) is 4.79 Å². The maximum Gasteiger partial charge on any atom is 0.251 e. The first-order valence-electron chi connectivity index (χ1n) is 7.22. The average molecular weight is 259 g/mol. The third kappa shape index (κ3) is 2.44. The lowest BCUT2D eigenvalue weighted by molar-refractivity contribution is 0.0963. The van der Waals surface area contributed by atoms with Crippen LogP contribution in [0.5, 0.6) is 0 Å². The van der Waals surface area contributed by atoms with Crippen molar-refractivity contribution in [3.05, 3.63) is 23.9 Å². The van der Waals surface area contributed by atoms with Gasteiger partial charge in [-0.05, 0) is 43.2 Å². The molecule has 1 aromatic rings. The smallest absolute Gasteiger partial charge is 0.251 e. The van der Waals surface area contributed by atoms with Gasteiger partial charge in [-0.2, -0.15) is 0 Å². The average Bonchev–Trinajstić information content (AvgIpc) is 3.03. The number of rotatable bonds is 3. The predicted octanol–water partition coefficient (Wildman–Crippen LogP) is 2.43. The summed E-state index contributed by atoms with van der Waals surface area (Å²) < 4.78 is 0. The summed E-state index contributed by atoms with van der Waals surface area (Å²) in [4.78, 5) is 16.0. The van der Waals surface area contributed by atoms with Crippen molar-refractivity contribution in [3.8, 4) is 0 Å². The third-order valence-corrected chi connectivity index (χ3v) is 4.67. The van der Waals surface area contributed by atoms with Crippen LogP contribution in [0, 0.1) is 11.8 Å². The number of aromatic nitrogens is 1. The molecule has 1 amide bonds. The van der Waals surface area contributed by atoms with E-state index in [2.05, 4.69) is 15.6 Å². The van der Waals surface area contributed by atoms with Crippen LogP contribution in [0.15, 0.2) is 18.3 Å². The Hall–Kier alpha value is -1.58. The van der Waals surface area contributed by atoms with E-state index in [1.54, 1.807) is 19.3 Å². The van der Waals surface area contributed by atoms with E-state index in [-0.39, 0.29) is 5.91 Å². The number of carbonyl (C=O) groups is 1. The first-order valence-corrected chi connectivity index (χ1v) is 7.22. The summed E-state index contributed by atoms with van der Waals surface area (Å²) in [6.07, 6.45) is 8.40. The number of fused-ring (bicyclic) bond motifs is 1. The second kappa shape index (κ2) is 5.19. The van der Waals surface area contributed by atoms with Gasteiger partial charge >= 0.3 is 0 Å². The van der Waals surface area contributed by atoms with Gasteiger partial charge in [0.2, 0.25) is 0 Å². The Morgan fingerprint density at radius 2 is 2.21 bits per heavy atom. The molecule has 2 saturated carbocycles. The molecule has 3 rings (SSSR count). The van der Waals surface area contributed by atoms with Crippen molar-refractivity contribution in [2.45, 2.75) is 38.1 Å². The molecule has 19 heavy (non-hydrogen) atoms. The van der Waals surface area contributed by atoms with Crippen molar-refractivity contribution in [2.75, 3.05) is 12.4 Å². The number of amides is 1. The van der Waals surface area contributed by atoms with E-state index >= 15 is 0 Å². The molecule has 1 aromatic heterocycles. The molecular formula is C15H21N3O. The zero-order chi connectivity index (χ0) is 13.2. The topological polar surface area (TPSA) is 54.0 Å². The Kier molecular flexibility index (Phi) is 3.40. The van der Waals surface area contributed by atoms with Gasteiger partial charge in [0.25, 0.3) is 5.91 Å². The van der Waals surface area contributed by atoms with Crippen LogP contribution in [0.2, 0.25) is 0 Å². The van der Waals surface area contributed by atoms with Crippen molar-refractivity contribution in [3.63, 3.8) is 0 Å². The van der Waals surface area contributed by atoms with Gasteiger partial charge in [0.1, 0.15) is 5.82 Å². The minimum Gasteiger partial charge on any atom is -0.367 e. The van der Waals surface area contributed by atoms with Crippen molar-refractivity contribution in [1.29, 1.82) is 0 Å². The van der Waals surface area contributed by atoms with Gasteiger partial charge in [0, 0.05) is 24.8 Å². The maximum absolute atomic E-state index is 11.6. The molecule has 2 aliphatic carbocycles. The Balaban J connectivity index is 1.71. The summed E-state index contributed by atoms with van der Waals surface area (Å²) >= 11 is 0. The highest BCUT2D eigenvalue weighted by Gasteiger charge is 2.39. The molecule has 0 aromatic carbocycles. The zero-order valence-corrected chi connectivity index (χ0v) is 11.4. The molecule has 1 heterocycles. The summed E-state index contributed by atoms with van der Waals surface area (Å²) in [5, 5.41) is 6.19. The number of carbonyl (C=O) groups excluding carboxylic acids is 1. The summed E-state index contributed by atoms with van der Waals surface area (Å²) in [7, 11) is 1.65. The van der Waals surface area contributed by atoms with Crippen molar-refractivity contribution >= 4 is 11.7 Å². The number of nitrogens with zero attached hydrogens (tertiary/aromatic N) is 1. The second-order valence-corrected chi connectivity index (χ2v) is 5.69. The van der Waals surface area contributed by atoms with Gasteiger partial charge < -0.3 is 10.6 Å². The van der Waals surface area contributed by atoms with Crippen LogP contribution in [-0.4, -0.2) is 24.0 Å². The lowest BCUT2D eigenvalue weighted by Gasteiger charge is -2.20. The highest BCUT2D eigenvalue weighted by Crippen LogP contribution is 2.44. The highest BCUT2D eigenvalue weighted by atomic mass is 16.1. The van der Waals surface area contributed by atoms with Crippen LogP contribution < -0.4 is 10.6 Å².